The van der Waals surface area contributed by atoms with Crippen molar-refractivity contribution in [3.8, 4) is 17.1 Å². The van der Waals surface area contributed by atoms with Gasteiger partial charge in [0.1, 0.15) is 17.0 Å². The largest absolute Gasteiger partial charge is 0.479 e. The zero-order chi connectivity index (χ0) is 21.8. The Morgan fingerprint density at radius 1 is 1.07 bits per heavy atom. The Hall–Kier alpha value is -2.70. The molecule has 30 heavy (non-hydrogen) atoms. The van der Waals surface area contributed by atoms with E-state index in [0.717, 1.165) is 66.3 Å². The maximum Gasteiger partial charge on any atom is 0.242 e. The number of hydrogen-bond acceptors (Lipinski definition) is 6. The Morgan fingerprint density at radius 3 is 2.33 bits per heavy atom. The van der Waals surface area contributed by atoms with Gasteiger partial charge in [0.25, 0.3) is 0 Å². The third-order valence-electron chi connectivity index (χ3n) is 5.84. The predicted octanol–water partition coefficient (Wildman–Crippen LogP) is 4.98. The fourth-order valence-electron chi connectivity index (χ4n) is 3.99. The fraction of sp³-hybridized carbons (Fsp3) is 0.565. The van der Waals surface area contributed by atoms with Gasteiger partial charge in [0.2, 0.25) is 5.88 Å². The highest BCUT2D eigenvalue weighted by Gasteiger charge is 2.22. The highest BCUT2D eigenvalue weighted by atomic mass is 16.5. The third kappa shape index (κ3) is 3.85. The van der Waals surface area contributed by atoms with Gasteiger partial charge in [-0.1, -0.05) is 20.8 Å². The van der Waals surface area contributed by atoms with Crippen LogP contribution in [0.25, 0.3) is 22.4 Å². The second-order valence-electron chi connectivity index (χ2n) is 7.48. The Kier molecular flexibility index (Phi) is 6.90. The summed E-state index contributed by atoms with van der Waals surface area (Å²) in [4.78, 5) is 16.8. The van der Waals surface area contributed by atoms with Crippen LogP contribution in [0.1, 0.15) is 64.8 Å². The molecular weight excluding hydrogens is 376 g/mol. The summed E-state index contributed by atoms with van der Waals surface area (Å²) < 4.78 is 7.69. The van der Waals surface area contributed by atoms with Crippen molar-refractivity contribution in [2.75, 3.05) is 25.1 Å². The van der Waals surface area contributed by atoms with Crippen molar-refractivity contribution in [2.45, 2.75) is 66.8 Å². The summed E-state index contributed by atoms with van der Waals surface area (Å²) in [6.45, 7) is 14.6. The van der Waals surface area contributed by atoms with E-state index < -0.39 is 0 Å². The molecule has 0 N–H and O–H groups in total. The summed E-state index contributed by atoms with van der Waals surface area (Å²) in [5.74, 6) is 1.51. The number of aromatic nitrogens is 5. The molecule has 0 spiro atoms. The Labute approximate surface area is 179 Å². The summed E-state index contributed by atoms with van der Waals surface area (Å²) in [6, 6.07) is 2.46. The van der Waals surface area contributed by atoms with Crippen LogP contribution in [0.3, 0.4) is 0 Å². The van der Waals surface area contributed by atoms with E-state index in [2.05, 4.69) is 45.6 Å². The van der Waals surface area contributed by atoms with Crippen molar-refractivity contribution in [1.82, 2.24) is 24.7 Å². The number of fused-ring (bicyclic) bond motifs is 1. The molecule has 0 aliphatic carbocycles. The smallest absolute Gasteiger partial charge is 0.242 e. The second-order valence-corrected chi connectivity index (χ2v) is 7.48. The molecule has 0 aliphatic rings. The van der Waals surface area contributed by atoms with Crippen molar-refractivity contribution in [3.05, 3.63) is 23.5 Å². The molecule has 7 nitrogen and oxygen atoms in total. The molecule has 0 saturated heterocycles. The minimum Gasteiger partial charge on any atom is -0.479 e. The zero-order valence-corrected chi connectivity index (χ0v) is 19.4. The molecule has 0 saturated carbocycles. The quantitative estimate of drug-likeness (QED) is 0.496. The minimum atomic E-state index is 0.298. The van der Waals surface area contributed by atoms with E-state index in [1.54, 1.807) is 7.11 Å². The Bertz CT molecular complexity index is 1000. The number of pyridine rings is 1. The summed E-state index contributed by atoms with van der Waals surface area (Å²) in [7, 11) is 1.65. The highest BCUT2D eigenvalue weighted by molar-refractivity contribution is 5.80. The lowest BCUT2D eigenvalue weighted by molar-refractivity contribution is 0.395. The molecule has 3 rings (SSSR count). The van der Waals surface area contributed by atoms with Crippen LogP contribution in [0.2, 0.25) is 0 Å². The Morgan fingerprint density at radius 2 is 1.77 bits per heavy atom. The van der Waals surface area contributed by atoms with Crippen molar-refractivity contribution < 1.29 is 4.74 Å². The molecule has 3 aromatic rings. The summed E-state index contributed by atoms with van der Waals surface area (Å²) in [5, 5.41) is 4.76. The Balaban J connectivity index is 2.20. The third-order valence-corrected chi connectivity index (χ3v) is 5.84. The van der Waals surface area contributed by atoms with Gasteiger partial charge >= 0.3 is 0 Å². The number of methoxy groups -OCH3 is 1. The monoisotopic (exact) mass is 410 g/mol. The van der Waals surface area contributed by atoms with Crippen LogP contribution in [0, 0.1) is 6.92 Å². The van der Waals surface area contributed by atoms with Gasteiger partial charge in [0.15, 0.2) is 5.65 Å². The van der Waals surface area contributed by atoms with Crippen molar-refractivity contribution >= 4 is 17.0 Å². The minimum absolute atomic E-state index is 0.298. The first-order chi connectivity index (χ1) is 14.5. The van der Waals surface area contributed by atoms with Crippen molar-refractivity contribution in [2.24, 2.45) is 0 Å². The molecular formula is C23H34N6O. The average Bonchev–Trinajstić information content (AvgIpc) is 3.09. The number of anilines is 1. The number of aryl methyl sites for hydroxylation is 2. The first kappa shape index (κ1) is 22.0. The van der Waals surface area contributed by atoms with Crippen LogP contribution >= 0.6 is 0 Å². The van der Waals surface area contributed by atoms with Crippen molar-refractivity contribution in [1.29, 1.82) is 0 Å². The molecule has 0 amide bonds. The normalized spacial score (nSPS) is 11.5. The number of ether oxygens (including phenoxy) is 1. The van der Waals surface area contributed by atoms with Gasteiger partial charge in [0, 0.05) is 24.8 Å². The van der Waals surface area contributed by atoms with Gasteiger partial charge in [-0.25, -0.2) is 14.6 Å². The molecule has 162 valence electrons. The molecule has 0 aromatic carbocycles. The first-order valence-corrected chi connectivity index (χ1v) is 11.1. The highest BCUT2D eigenvalue weighted by Crippen LogP contribution is 2.34. The molecule has 0 aliphatic heterocycles. The van der Waals surface area contributed by atoms with Crippen LogP contribution in [-0.4, -0.2) is 44.9 Å². The molecule has 0 fully saturated rings. The van der Waals surface area contributed by atoms with E-state index in [0.29, 0.717) is 11.9 Å². The standard InChI is InChI=1S/C23H34N6O/c1-8-16-13-19(28(11-4)12-5)24-14-18(16)21-23(30-7)26-22-20(25-21)15(6)27-29(22)17(9-2)10-3/h13-14,17H,8-12H2,1-7H3. The summed E-state index contributed by atoms with van der Waals surface area (Å²) >= 11 is 0. The van der Waals surface area contributed by atoms with Gasteiger partial charge in [-0.05, 0) is 51.7 Å². The lowest BCUT2D eigenvalue weighted by Gasteiger charge is -2.21. The molecule has 3 heterocycles. The van der Waals surface area contributed by atoms with Gasteiger partial charge in [-0.2, -0.15) is 10.1 Å². The van der Waals surface area contributed by atoms with Crippen LogP contribution < -0.4 is 9.64 Å². The molecule has 0 bridgehead atoms. The second kappa shape index (κ2) is 9.41. The van der Waals surface area contributed by atoms with E-state index in [9.17, 15) is 0 Å². The average molecular weight is 411 g/mol. The van der Waals surface area contributed by atoms with E-state index in [-0.39, 0.29) is 0 Å². The van der Waals surface area contributed by atoms with Crippen LogP contribution in [-0.2, 0) is 6.42 Å². The first-order valence-electron chi connectivity index (χ1n) is 11.1. The molecule has 3 aromatic heterocycles. The fourth-order valence-corrected chi connectivity index (χ4v) is 3.99. The van der Waals surface area contributed by atoms with E-state index >= 15 is 0 Å². The van der Waals surface area contributed by atoms with E-state index in [1.807, 2.05) is 17.8 Å². The van der Waals surface area contributed by atoms with Gasteiger partial charge in [-0.3, -0.25) is 0 Å². The van der Waals surface area contributed by atoms with E-state index in [1.165, 1.54) is 5.56 Å². The van der Waals surface area contributed by atoms with Crippen LogP contribution in [0.4, 0.5) is 5.82 Å². The predicted molar refractivity (Wildman–Crippen MR) is 122 cm³/mol. The van der Waals surface area contributed by atoms with Gasteiger partial charge in [-0.15, -0.1) is 0 Å². The van der Waals surface area contributed by atoms with Crippen LogP contribution in [0.15, 0.2) is 12.3 Å². The van der Waals surface area contributed by atoms with Crippen LogP contribution in [0.5, 0.6) is 5.88 Å². The number of hydrogen-bond donors (Lipinski definition) is 0. The maximum atomic E-state index is 5.69. The van der Waals surface area contributed by atoms with Gasteiger partial charge in [0.05, 0.1) is 18.8 Å². The van der Waals surface area contributed by atoms with Crippen molar-refractivity contribution in [3.63, 3.8) is 0 Å². The number of rotatable bonds is 9. The molecule has 0 unspecified atom stereocenters. The summed E-state index contributed by atoms with van der Waals surface area (Å²) in [6.07, 6.45) is 4.77. The number of nitrogens with zero attached hydrogens (tertiary/aromatic N) is 6. The summed E-state index contributed by atoms with van der Waals surface area (Å²) in [5.41, 5.74) is 5.38. The SMILES string of the molecule is CCc1cc(N(CC)CC)ncc1-c1nc2c(C)nn(C(CC)CC)c2nc1OC. The lowest BCUT2D eigenvalue weighted by atomic mass is 10.0. The topological polar surface area (TPSA) is 69.0 Å². The van der Waals surface area contributed by atoms with Gasteiger partial charge < -0.3 is 9.64 Å². The molecule has 0 atom stereocenters. The van der Waals surface area contributed by atoms with E-state index in [4.69, 9.17) is 24.8 Å². The maximum absolute atomic E-state index is 5.69. The lowest BCUT2D eigenvalue weighted by Crippen LogP contribution is -2.23. The molecule has 7 heteroatoms. The zero-order valence-electron chi connectivity index (χ0n) is 19.4. The molecule has 0 radical (unpaired) electrons.